The zero-order chi connectivity index (χ0) is 81.2. The Hall–Kier alpha value is -4.59. The minimum atomic E-state index is -1.78. The first-order valence-corrected chi connectivity index (χ1v) is 44.4. The number of Topliss-reactive ketones (excluding diaryl/α,β-unsaturated/α-hetero) is 9. The topological polar surface area (TPSA) is 239 Å². The molecule has 9 rings (SSSR count). The summed E-state index contributed by atoms with van der Waals surface area (Å²) < 4.78 is 27.0. The van der Waals surface area contributed by atoms with Gasteiger partial charge in [0.1, 0.15) is 52.0 Å². The summed E-state index contributed by atoms with van der Waals surface area (Å²) in [4.78, 5) is 112. The fourth-order valence-corrected chi connectivity index (χ4v) is 14.5. The van der Waals surface area contributed by atoms with Crippen molar-refractivity contribution in [2.45, 2.75) is 285 Å². The molecule has 1 aromatic heterocycles. The SMILES string of the molecule is C=S1(=O)CCC(CC(=O)C(C)C)CC1.CC(C)C(=O)CC1=CCN=C1.CC(C)C(=O)CC1CCCC1.CC(C)C(=O)CC1CCCCC1.CC(C)C(=O)CC1CCNCC1.CC(C)C(=O)CC1CCOC1.CC(C)C(=O)CC1COC1.CC(C)C(=O)CCCN1CCOCC1.CC(C)C(=O)CCc1cccnc1. The molecule has 7 fully saturated rings. The number of piperidine rings is 1. The molecule has 0 amide bonds. The number of allylic oxidation sites excluding steroid dienone is 1. The van der Waals surface area contributed by atoms with Gasteiger partial charge in [-0.2, -0.15) is 0 Å². The maximum Gasteiger partial charge on any atom is 0.139 e. The van der Waals surface area contributed by atoms with E-state index in [-0.39, 0.29) is 53.3 Å². The van der Waals surface area contributed by atoms with Crippen molar-refractivity contribution in [1.82, 2.24) is 15.2 Å². The molecule has 0 bridgehead atoms. The average Bonchev–Trinajstić information content (AvgIpc) is 0.994. The molecule has 7 heterocycles. The first-order chi connectivity index (χ1) is 51.0. The van der Waals surface area contributed by atoms with Gasteiger partial charge in [-0.15, -0.1) is 0 Å². The summed E-state index contributed by atoms with van der Waals surface area (Å²) in [6.07, 6.45) is 32.9. The Morgan fingerprint density at radius 1 is 0.463 bits per heavy atom. The van der Waals surface area contributed by atoms with Crippen LogP contribution in [0, 0.1) is 88.8 Å². The number of ketones is 9. The minimum absolute atomic E-state index is 0.140. The van der Waals surface area contributed by atoms with Crippen LogP contribution < -0.4 is 5.32 Å². The lowest BCUT2D eigenvalue weighted by molar-refractivity contribution is -0.127. The van der Waals surface area contributed by atoms with Gasteiger partial charge in [0.05, 0.1) is 33.0 Å². The van der Waals surface area contributed by atoms with Crippen LogP contribution in [0.3, 0.4) is 0 Å². The molecule has 1 N–H and O–H groups in total. The smallest absolute Gasteiger partial charge is 0.139 e. The van der Waals surface area contributed by atoms with E-state index >= 15 is 0 Å². The number of nitrogens with zero attached hydrogens (tertiary/aromatic N) is 3. The standard InChI is InChI=1S/C11H21NO2.C11H15NO.C11H20O2S.C11H20O.C10H19NO.C10H18O.C9H13NO.C9H16O2.C8H14O2/c1-10(2)11(13)4-3-5-12-6-8-14-9-7-12;1-9(2)11(13)6-5-10-4-3-7-12-8-10;1-9(2)11(12)8-10-4-6-14(3,13)7-5-10;1-9(2)11(12)8-10-6-4-3-5-7-10;1-8(2)10(12)7-9-3-5-11-6-4-9;1-8(2)10(11)7-9-5-3-4-6-9;1-7(2)9(11)5-8-3-4-10-6-8;1-7(2)9(10)5-8-3-4-11-6-8;1-6(2)8(9)3-7-4-10-5-7/h10H,3-9H2,1-2H3;3-4,7-9H,5-6H2,1-2H3;9-10H,3-8H2,1-2H3;9-10H,3-8H2,1-2H3;8-9,11H,3-7H2,1-2H3;8-9H,3-7H2,1-2H3;3,6-7H,4-5H2,1-2H3;7-8H,3-6H2,1-2H3;6-7H,3-5H2,1-2H3. The van der Waals surface area contributed by atoms with Gasteiger partial charge in [-0.3, -0.25) is 62.2 Å². The van der Waals surface area contributed by atoms with Gasteiger partial charge in [0.2, 0.25) is 0 Å². The predicted octanol–water partition coefficient (Wildman–Crippen LogP) is 17.4. The van der Waals surface area contributed by atoms with Crippen molar-refractivity contribution in [1.29, 1.82) is 0 Å². The molecule has 2 aliphatic carbocycles. The fourth-order valence-electron chi connectivity index (χ4n) is 12.8. The summed E-state index contributed by atoms with van der Waals surface area (Å²) in [7, 11) is -1.78. The van der Waals surface area contributed by atoms with Crippen molar-refractivity contribution in [3.63, 3.8) is 0 Å². The van der Waals surface area contributed by atoms with Gasteiger partial charge in [-0.05, 0) is 127 Å². The van der Waals surface area contributed by atoms with E-state index in [1.165, 1.54) is 70.6 Å². The van der Waals surface area contributed by atoms with E-state index < -0.39 is 9.52 Å². The lowest BCUT2D eigenvalue weighted by atomic mass is 9.84. The third-order valence-corrected chi connectivity index (χ3v) is 23.4. The number of carbonyl (C=O) groups excluding carboxylic acids is 9. The second kappa shape index (κ2) is 59.2. The van der Waals surface area contributed by atoms with Crippen LogP contribution in [0.1, 0.15) is 284 Å². The number of hydrogen-bond donors (Lipinski definition) is 1. The third kappa shape index (κ3) is 51.1. The second-order valence-corrected chi connectivity index (χ2v) is 37.2. The molecule has 8 aliphatic rings. The van der Waals surface area contributed by atoms with Gasteiger partial charge < -0.3 is 19.5 Å². The van der Waals surface area contributed by atoms with Gasteiger partial charge in [0.15, 0.2) is 0 Å². The van der Waals surface area contributed by atoms with E-state index in [0.29, 0.717) is 112 Å². The van der Waals surface area contributed by atoms with Crippen LogP contribution in [0.4, 0.5) is 0 Å². The number of aryl methyl sites for hydroxylation is 1. The van der Waals surface area contributed by atoms with Crippen LogP contribution in [0.25, 0.3) is 0 Å². The van der Waals surface area contributed by atoms with Gasteiger partial charge in [-0.25, -0.2) is 0 Å². The van der Waals surface area contributed by atoms with Gasteiger partial charge >= 0.3 is 0 Å². The predicted molar refractivity (Wildman–Crippen MR) is 447 cm³/mol. The molecule has 5 saturated heterocycles. The molecule has 620 valence electrons. The van der Waals surface area contributed by atoms with Crippen LogP contribution >= 0.6 is 0 Å². The molecule has 0 aromatic carbocycles. The maximum absolute atomic E-state index is 11.6. The number of aromatic nitrogens is 1. The number of morpholine rings is 1. The first-order valence-electron chi connectivity index (χ1n) is 42.3. The van der Waals surface area contributed by atoms with E-state index in [1.807, 2.05) is 149 Å². The number of rotatable bonds is 30. The van der Waals surface area contributed by atoms with Crippen molar-refractivity contribution in [2.75, 3.05) is 90.4 Å². The molecule has 0 spiro atoms. The van der Waals surface area contributed by atoms with E-state index in [4.69, 9.17) is 14.2 Å². The molecule has 108 heavy (non-hydrogen) atoms. The molecular weight excluding hydrogens is 1380 g/mol. The van der Waals surface area contributed by atoms with E-state index in [1.54, 1.807) is 12.4 Å². The second-order valence-electron chi connectivity index (χ2n) is 34.5. The Morgan fingerprint density at radius 3 is 1.24 bits per heavy atom. The average molecular weight is 1530 g/mol. The molecule has 1 atom stereocenters. The highest BCUT2D eigenvalue weighted by atomic mass is 32.2. The zero-order valence-corrected chi connectivity index (χ0v) is 72.3. The van der Waals surface area contributed by atoms with Crippen molar-refractivity contribution < 1.29 is 61.6 Å². The zero-order valence-electron chi connectivity index (χ0n) is 71.5. The molecule has 18 heteroatoms. The quantitative estimate of drug-likeness (QED) is 0.0704. The van der Waals surface area contributed by atoms with Crippen molar-refractivity contribution >= 4 is 73.7 Å². The highest BCUT2D eigenvalue weighted by Gasteiger charge is 2.26. The van der Waals surface area contributed by atoms with Crippen LogP contribution in [0.2, 0.25) is 0 Å². The van der Waals surface area contributed by atoms with E-state index in [9.17, 15) is 47.4 Å². The monoisotopic (exact) mass is 1530 g/mol. The highest BCUT2D eigenvalue weighted by Crippen LogP contribution is 2.30. The Bertz CT molecular complexity index is 2760. The molecule has 1 aromatic rings. The summed E-state index contributed by atoms with van der Waals surface area (Å²) in [5.41, 5.74) is 2.21. The van der Waals surface area contributed by atoms with Crippen LogP contribution in [0.5, 0.6) is 0 Å². The normalized spacial score (nSPS) is 20.3. The summed E-state index contributed by atoms with van der Waals surface area (Å²) in [5, 5.41) is 3.31. The summed E-state index contributed by atoms with van der Waals surface area (Å²) >= 11 is 0. The lowest BCUT2D eigenvalue weighted by Gasteiger charge is -2.26. The van der Waals surface area contributed by atoms with Gasteiger partial charge in [-0.1, -0.05) is 195 Å². The van der Waals surface area contributed by atoms with E-state index in [0.717, 1.165) is 167 Å². The summed E-state index contributed by atoms with van der Waals surface area (Å²) in [5.74, 6) is 13.9. The molecule has 17 nitrogen and oxygen atoms in total. The fraction of sp³-hybridized carbons (Fsp3) is 0.800. The number of nitrogens with one attached hydrogen (secondary N) is 1. The number of carbonyl (C=O) groups is 9. The maximum atomic E-state index is 11.6. The van der Waals surface area contributed by atoms with Gasteiger partial charge in [0.25, 0.3) is 0 Å². The number of hydrogen-bond acceptors (Lipinski definition) is 17. The van der Waals surface area contributed by atoms with Crippen molar-refractivity contribution in [3.8, 4) is 0 Å². The number of aliphatic imine (C=N–C) groups is 1. The number of ether oxygens (including phenoxy) is 3. The minimum Gasteiger partial charge on any atom is -0.381 e. The van der Waals surface area contributed by atoms with Crippen LogP contribution in [-0.2, 0) is 73.3 Å². The molecule has 1 unspecified atom stereocenters. The first kappa shape index (κ1) is 101. The largest absolute Gasteiger partial charge is 0.381 e. The Morgan fingerprint density at radius 2 is 0.861 bits per heavy atom. The molecule has 0 radical (unpaired) electrons. The summed E-state index contributed by atoms with van der Waals surface area (Å²) in [6.45, 7) is 46.3. The Kier molecular flexibility index (Phi) is 55.6. The Labute approximate surface area is 658 Å². The summed E-state index contributed by atoms with van der Waals surface area (Å²) in [6, 6.07) is 3.90. The van der Waals surface area contributed by atoms with Crippen molar-refractivity contribution in [2.24, 2.45) is 93.8 Å². The highest BCUT2D eigenvalue weighted by molar-refractivity contribution is 8.00. The number of pyridine rings is 1. The Balaban J connectivity index is 0.000000609. The van der Waals surface area contributed by atoms with Crippen LogP contribution in [-0.4, -0.2) is 169 Å². The lowest BCUT2D eigenvalue weighted by Crippen LogP contribution is -2.37. The molecule has 6 aliphatic heterocycles. The van der Waals surface area contributed by atoms with Gasteiger partial charge in [0, 0.05) is 173 Å². The van der Waals surface area contributed by atoms with E-state index in [2.05, 4.69) is 26.1 Å². The van der Waals surface area contributed by atoms with Crippen LogP contribution in [0.15, 0.2) is 41.2 Å². The van der Waals surface area contributed by atoms with Crippen molar-refractivity contribution in [3.05, 3.63) is 41.7 Å². The molecule has 2 saturated carbocycles. The molecular formula is C90H156N4O13S. The third-order valence-electron chi connectivity index (χ3n) is 21.4.